The van der Waals surface area contributed by atoms with Crippen molar-refractivity contribution in [1.82, 2.24) is 20.3 Å². The molecule has 3 aromatic rings. The predicted molar refractivity (Wildman–Crippen MR) is 97.4 cm³/mol. The summed E-state index contributed by atoms with van der Waals surface area (Å²) in [5.74, 6) is -0.345. The van der Waals surface area contributed by atoms with Gasteiger partial charge in [0, 0.05) is 25.1 Å². The van der Waals surface area contributed by atoms with Crippen LogP contribution in [0.4, 0.5) is 0 Å². The van der Waals surface area contributed by atoms with Gasteiger partial charge in [0.15, 0.2) is 0 Å². The van der Waals surface area contributed by atoms with Crippen molar-refractivity contribution >= 4 is 5.97 Å². The lowest BCUT2D eigenvalue weighted by molar-refractivity contribution is 0.0526. The molecule has 3 aromatic heterocycles. The highest BCUT2D eigenvalue weighted by molar-refractivity contribution is 5.89. The molecule has 0 fully saturated rings. The van der Waals surface area contributed by atoms with Crippen LogP contribution in [0.15, 0.2) is 67.1 Å². The van der Waals surface area contributed by atoms with Crippen LogP contribution in [0.25, 0.3) is 0 Å². The van der Waals surface area contributed by atoms with E-state index < -0.39 is 0 Å². The molecule has 0 aliphatic carbocycles. The fourth-order valence-electron chi connectivity index (χ4n) is 2.58. The van der Waals surface area contributed by atoms with Gasteiger partial charge < -0.3 is 4.74 Å². The highest BCUT2D eigenvalue weighted by Crippen LogP contribution is 2.18. The van der Waals surface area contributed by atoms with E-state index in [1.165, 1.54) is 0 Å². The third-order valence-electron chi connectivity index (χ3n) is 3.78. The molecular weight excluding hydrogens is 328 g/mol. The lowest BCUT2D eigenvalue weighted by Crippen LogP contribution is -2.24. The zero-order chi connectivity index (χ0) is 18.2. The van der Waals surface area contributed by atoms with E-state index in [9.17, 15) is 4.79 Å². The van der Waals surface area contributed by atoms with E-state index in [1.54, 1.807) is 37.6 Å². The highest BCUT2D eigenvalue weighted by Gasteiger charge is 2.16. The molecule has 1 N–H and O–H groups in total. The van der Waals surface area contributed by atoms with Gasteiger partial charge >= 0.3 is 5.97 Å². The van der Waals surface area contributed by atoms with E-state index in [1.807, 2.05) is 36.4 Å². The van der Waals surface area contributed by atoms with Crippen molar-refractivity contribution in [2.45, 2.75) is 19.5 Å². The molecule has 3 heterocycles. The van der Waals surface area contributed by atoms with Crippen LogP contribution in [0.2, 0.25) is 0 Å². The Morgan fingerprint density at radius 2 is 1.69 bits per heavy atom. The number of nitrogens with zero attached hydrogens (tertiary/aromatic N) is 3. The average molecular weight is 348 g/mol. The first-order valence-electron chi connectivity index (χ1n) is 8.45. The minimum atomic E-state index is -0.345. The third-order valence-corrected chi connectivity index (χ3v) is 3.78. The molecule has 6 nitrogen and oxygen atoms in total. The van der Waals surface area contributed by atoms with Crippen LogP contribution >= 0.6 is 0 Å². The second-order valence-electron chi connectivity index (χ2n) is 5.58. The van der Waals surface area contributed by atoms with Gasteiger partial charge in [0.1, 0.15) is 0 Å². The Hall–Kier alpha value is -3.12. The third kappa shape index (κ3) is 4.49. The average Bonchev–Trinajstić information content (AvgIpc) is 2.70. The van der Waals surface area contributed by atoms with Gasteiger partial charge in [0.25, 0.3) is 0 Å². The fourth-order valence-corrected chi connectivity index (χ4v) is 2.58. The molecule has 0 bridgehead atoms. The van der Waals surface area contributed by atoms with E-state index in [4.69, 9.17) is 4.74 Å². The molecular formula is C20H20N4O2. The van der Waals surface area contributed by atoms with Gasteiger partial charge in [-0.1, -0.05) is 12.1 Å². The summed E-state index contributed by atoms with van der Waals surface area (Å²) in [6, 6.07) is 14.8. The number of esters is 1. The number of rotatable bonds is 7. The summed E-state index contributed by atoms with van der Waals surface area (Å²) in [5.41, 5.74) is 2.97. The lowest BCUT2D eigenvalue weighted by atomic mass is 10.1. The van der Waals surface area contributed by atoms with Gasteiger partial charge in [-0.25, -0.2) is 4.79 Å². The molecule has 3 rings (SSSR count). The van der Waals surface area contributed by atoms with Crippen LogP contribution in [-0.2, 0) is 11.3 Å². The fraction of sp³-hybridized carbons (Fsp3) is 0.200. The summed E-state index contributed by atoms with van der Waals surface area (Å²) in [6.07, 6.45) is 5.12. The van der Waals surface area contributed by atoms with Gasteiger partial charge in [-0.15, -0.1) is 0 Å². The lowest BCUT2D eigenvalue weighted by Gasteiger charge is -2.17. The van der Waals surface area contributed by atoms with Gasteiger partial charge in [0.2, 0.25) is 0 Å². The van der Waals surface area contributed by atoms with Crippen LogP contribution < -0.4 is 5.32 Å². The van der Waals surface area contributed by atoms with Crippen molar-refractivity contribution in [3.05, 3.63) is 89.8 Å². The second kappa shape index (κ2) is 8.82. The molecule has 0 amide bonds. The molecule has 0 radical (unpaired) electrons. The minimum Gasteiger partial charge on any atom is -0.462 e. The van der Waals surface area contributed by atoms with E-state index in [-0.39, 0.29) is 12.0 Å². The normalized spacial score (nSPS) is 10.7. The van der Waals surface area contributed by atoms with Crippen LogP contribution in [0.5, 0.6) is 0 Å². The van der Waals surface area contributed by atoms with Crippen LogP contribution in [-0.4, -0.2) is 27.5 Å². The molecule has 0 spiro atoms. The zero-order valence-corrected chi connectivity index (χ0v) is 14.5. The maximum Gasteiger partial charge on any atom is 0.338 e. The number of nitrogens with one attached hydrogen (secondary N) is 1. The summed E-state index contributed by atoms with van der Waals surface area (Å²) >= 11 is 0. The maximum atomic E-state index is 11.9. The van der Waals surface area contributed by atoms with E-state index >= 15 is 0 Å². The second-order valence-corrected chi connectivity index (χ2v) is 5.58. The topological polar surface area (TPSA) is 77.0 Å². The number of hydrogen-bond donors (Lipinski definition) is 1. The van der Waals surface area contributed by atoms with Gasteiger partial charge in [-0.3, -0.25) is 20.3 Å². The van der Waals surface area contributed by atoms with Crippen molar-refractivity contribution in [2.24, 2.45) is 0 Å². The molecule has 132 valence electrons. The molecule has 0 unspecified atom stereocenters. The van der Waals surface area contributed by atoms with Crippen molar-refractivity contribution < 1.29 is 9.53 Å². The van der Waals surface area contributed by atoms with Crippen LogP contribution in [0.1, 0.15) is 40.4 Å². The molecule has 6 heteroatoms. The van der Waals surface area contributed by atoms with Crippen LogP contribution in [0.3, 0.4) is 0 Å². The Balaban J connectivity index is 1.79. The Morgan fingerprint density at radius 3 is 2.27 bits per heavy atom. The van der Waals surface area contributed by atoms with Gasteiger partial charge in [0.05, 0.1) is 35.3 Å². The zero-order valence-electron chi connectivity index (χ0n) is 14.5. The molecule has 0 aliphatic rings. The summed E-state index contributed by atoms with van der Waals surface area (Å²) in [4.78, 5) is 25.1. The number of pyridine rings is 3. The number of aromatic nitrogens is 3. The smallest absolute Gasteiger partial charge is 0.338 e. The van der Waals surface area contributed by atoms with Gasteiger partial charge in [-0.2, -0.15) is 0 Å². The summed E-state index contributed by atoms with van der Waals surface area (Å²) in [6.45, 7) is 2.59. The molecule has 0 atom stereocenters. The monoisotopic (exact) mass is 348 g/mol. The first-order chi connectivity index (χ1) is 12.8. The quantitative estimate of drug-likeness (QED) is 0.662. The number of hydrogen-bond acceptors (Lipinski definition) is 6. The Bertz CT molecular complexity index is 801. The van der Waals surface area contributed by atoms with E-state index in [0.29, 0.717) is 18.7 Å². The van der Waals surface area contributed by atoms with Crippen molar-refractivity contribution in [1.29, 1.82) is 0 Å². The SMILES string of the molecule is CCOC(=O)c1ccnc(CNC(c2ccccn2)c2ccccn2)c1. The van der Waals surface area contributed by atoms with Crippen molar-refractivity contribution in [3.8, 4) is 0 Å². The van der Waals surface area contributed by atoms with Crippen molar-refractivity contribution in [3.63, 3.8) is 0 Å². The Morgan fingerprint density at radius 1 is 1.00 bits per heavy atom. The van der Waals surface area contributed by atoms with Gasteiger partial charge in [-0.05, 0) is 43.3 Å². The summed E-state index contributed by atoms with van der Waals surface area (Å²) in [7, 11) is 0. The first-order valence-corrected chi connectivity index (χ1v) is 8.45. The van der Waals surface area contributed by atoms with Crippen LogP contribution in [0, 0.1) is 0 Å². The maximum absolute atomic E-state index is 11.9. The standard InChI is InChI=1S/C20H20N4O2/c1-2-26-20(25)15-9-12-21-16(13-15)14-24-19(17-7-3-5-10-22-17)18-8-4-6-11-23-18/h3-13,19,24H,2,14H2,1H3. The van der Waals surface area contributed by atoms with E-state index in [2.05, 4.69) is 20.3 Å². The highest BCUT2D eigenvalue weighted by atomic mass is 16.5. The molecule has 0 saturated heterocycles. The number of carbonyl (C=O) groups excluding carboxylic acids is 1. The number of carbonyl (C=O) groups is 1. The Labute approximate surface area is 152 Å². The molecule has 0 aromatic carbocycles. The predicted octanol–water partition coefficient (Wildman–Crippen LogP) is 2.93. The largest absolute Gasteiger partial charge is 0.462 e. The number of ether oxygens (including phenoxy) is 1. The molecule has 0 aliphatic heterocycles. The summed E-state index contributed by atoms with van der Waals surface area (Å²) < 4.78 is 5.04. The van der Waals surface area contributed by atoms with Crippen molar-refractivity contribution in [2.75, 3.05) is 6.61 Å². The van der Waals surface area contributed by atoms with E-state index in [0.717, 1.165) is 17.1 Å². The molecule has 26 heavy (non-hydrogen) atoms. The minimum absolute atomic E-state index is 0.176. The molecule has 0 saturated carbocycles. The first kappa shape index (κ1) is 17.7. The summed E-state index contributed by atoms with van der Waals surface area (Å²) in [5, 5.41) is 3.43. The Kier molecular flexibility index (Phi) is 6.01.